The summed E-state index contributed by atoms with van der Waals surface area (Å²) in [6.45, 7) is 0.398. The van der Waals surface area contributed by atoms with Gasteiger partial charge in [0.05, 0.1) is 4.91 Å². The first kappa shape index (κ1) is 16.5. The molecule has 116 valence electrons. The minimum atomic E-state index is -1.09. The van der Waals surface area contributed by atoms with Crippen molar-refractivity contribution < 1.29 is 19.8 Å². The van der Waals surface area contributed by atoms with Crippen LogP contribution in [0.3, 0.4) is 0 Å². The number of amides is 1. The van der Waals surface area contributed by atoms with Gasteiger partial charge >= 0.3 is 0 Å². The lowest BCUT2D eigenvalue weighted by Gasteiger charge is -2.14. The van der Waals surface area contributed by atoms with Crippen LogP contribution in [0.1, 0.15) is 24.8 Å². The van der Waals surface area contributed by atoms with Crippen LogP contribution >= 0.6 is 24.0 Å². The van der Waals surface area contributed by atoms with Gasteiger partial charge < -0.3 is 15.0 Å². The van der Waals surface area contributed by atoms with Gasteiger partial charge in [0.25, 0.3) is 5.91 Å². The van der Waals surface area contributed by atoms with Crippen LogP contribution in [0.2, 0.25) is 0 Å². The molecule has 1 aromatic rings. The third-order valence-electron chi connectivity index (χ3n) is 3.05. The monoisotopic (exact) mass is 336 g/mol. The van der Waals surface area contributed by atoms with E-state index < -0.39 is 5.97 Å². The number of phenols is 1. The standard InChI is InChI=1S/C15H15NO4S2/c17-11-5-3-4-10(8-11)9-12-14(20)16(15(21)22-12)7-2-1-6-13(18)19/h3-5,8-9,17H,1-2,6-7H2,(H,18,19)/p-1/b12-9+. The molecular formula is C15H14NO4S2-. The number of phenolic OH excluding ortho intramolecular Hbond substituents is 1. The lowest BCUT2D eigenvalue weighted by atomic mass is 10.2. The van der Waals surface area contributed by atoms with E-state index >= 15 is 0 Å². The predicted octanol–water partition coefficient (Wildman–Crippen LogP) is 1.51. The van der Waals surface area contributed by atoms with Crippen molar-refractivity contribution in [2.75, 3.05) is 6.54 Å². The average molecular weight is 336 g/mol. The number of rotatable bonds is 6. The first-order valence-corrected chi connectivity index (χ1v) is 7.94. The molecule has 1 aliphatic rings. The number of nitrogens with zero attached hydrogens (tertiary/aromatic N) is 1. The van der Waals surface area contributed by atoms with Crippen molar-refractivity contribution >= 4 is 46.3 Å². The Labute approximate surface area is 137 Å². The fraction of sp³-hybridized carbons (Fsp3) is 0.267. The molecule has 2 rings (SSSR count). The molecule has 0 bridgehead atoms. The molecule has 1 saturated heterocycles. The number of aromatic hydroxyl groups is 1. The molecule has 1 heterocycles. The molecule has 1 amide bonds. The van der Waals surface area contributed by atoms with Gasteiger partial charge in [-0.25, -0.2) is 0 Å². The largest absolute Gasteiger partial charge is 0.550 e. The van der Waals surface area contributed by atoms with Crippen molar-refractivity contribution in [1.82, 2.24) is 4.90 Å². The fourth-order valence-corrected chi connectivity index (χ4v) is 3.31. The topological polar surface area (TPSA) is 80.7 Å². The Morgan fingerprint density at radius 3 is 2.86 bits per heavy atom. The van der Waals surface area contributed by atoms with Crippen LogP contribution < -0.4 is 5.11 Å². The zero-order valence-corrected chi connectivity index (χ0v) is 13.3. The Bertz CT molecular complexity index is 642. The smallest absolute Gasteiger partial charge is 0.266 e. The van der Waals surface area contributed by atoms with Crippen LogP contribution in [0.25, 0.3) is 6.08 Å². The van der Waals surface area contributed by atoms with Crippen LogP contribution in [0.15, 0.2) is 29.2 Å². The molecule has 0 spiro atoms. The van der Waals surface area contributed by atoms with Gasteiger partial charge in [0.2, 0.25) is 0 Å². The van der Waals surface area contributed by atoms with Crippen LogP contribution in [0.4, 0.5) is 0 Å². The summed E-state index contributed by atoms with van der Waals surface area (Å²) >= 11 is 6.39. The molecule has 1 aliphatic heterocycles. The molecule has 0 aromatic heterocycles. The second-order valence-electron chi connectivity index (χ2n) is 4.76. The van der Waals surface area contributed by atoms with Crippen molar-refractivity contribution in [3.05, 3.63) is 34.7 Å². The second-order valence-corrected chi connectivity index (χ2v) is 6.43. The van der Waals surface area contributed by atoms with E-state index in [9.17, 15) is 19.8 Å². The molecule has 0 radical (unpaired) electrons. The maximum Gasteiger partial charge on any atom is 0.266 e. The zero-order valence-electron chi connectivity index (χ0n) is 11.7. The number of hydrogen-bond donors (Lipinski definition) is 1. The van der Waals surface area contributed by atoms with Gasteiger partial charge in [0.1, 0.15) is 10.1 Å². The van der Waals surface area contributed by atoms with E-state index in [4.69, 9.17) is 12.2 Å². The third-order valence-corrected chi connectivity index (χ3v) is 4.43. The highest BCUT2D eigenvalue weighted by Crippen LogP contribution is 2.33. The predicted molar refractivity (Wildman–Crippen MR) is 86.8 cm³/mol. The summed E-state index contributed by atoms with van der Waals surface area (Å²) in [6, 6.07) is 6.60. The van der Waals surface area contributed by atoms with Gasteiger partial charge in [-0.2, -0.15) is 0 Å². The number of carboxylic acid groups (broad SMARTS) is 1. The van der Waals surface area contributed by atoms with Crippen LogP contribution in [0, 0.1) is 0 Å². The lowest BCUT2D eigenvalue weighted by Crippen LogP contribution is -2.29. The summed E-state index contributed by atoms with van der Waals surface area (Å²) in [4.78, 5) is 24.6. The van der Waals surface area contributed by atoms with Gasteiger partial charge in [-0.15, -0.1) is 0 Å². The number of benzene rings is 1. The van der Waals surface area contributed by atoms with Crippen LogP contribution in [0.5, 0.6) is 5.75 Å². The molecular weight excluding hydrogens is 322 g/mol. The maximum atomic E-state index is 12.3. The molecule has 7 heteroatoms. The highest BCUT2D eigenvalue weighted by Gasteiger charge is 2.31. The molecule has 0 unspecified atom stereocenters. The number of thioether (sulfide) groups is 1. The van der Waals surface area contributed by atoms with Crippen molar-refractivity contribution in [3.8, 4) is 5.75 Å². The molecule has 1 N–H and O–H groups in total. The molecule has 0 saturated carbocycles. The average Bonchev–Trinajstić information content (AvgIpc) is 2.70. The quantitative estimate of drug-likeness (QED) is 0.482. The minimum Gasteiger partial charge on any atom is -0.550 e. The SMILES string of the molecule is O=C([O-])CCCCN1C(=O)/C(=C\c2cccc(O)c2)SC1=S. The molecule has 22 heavy (non-hydrogen) atoms. The highest BCUT2D eigenvalue weighted by atomic mass is 32.2. The Balaban J connectivity index is 2.00. The van der Waals surface area contributed by atoms with E-state index in [0.29, 0.717) is 28.6 Å². The van der Waals surface area contributed by atoms with E-state index in [2.05, 4.69) is 0 Å². The van der Waals surface area contributed by atoms with E-state index in [1.807, 2.05) is 0 Å². The van der Waals surface area contributed by atoms with Crippen molar-refractivity contribution in [3.63, 3.8) is 0 Å². The zero-order chi connectivity index (χ0) is 16.1. The molecule has 1 aromatic carbocycles. The van der Waals surface area contributed by atoms with Gasteiger partial charge in [-0.3, -0.25) is 9.69 Å². The van der Waals surface area contributed by atoms with Gasteiger partial charge in [-0.05, 0) is 43.0 Å². The van der Waals surface area contributed by atoms with Crippen molar-refractivity contribution in [2.45, 2.75) is 19.3 Å². The number of unbranched alkanes of at least 4 members (excludes halogenated alkanes) is 1. The molecule has 0 aliphatic carbocycles. The first-order chi connectivity index (χ1) is 10.5. The third kappa shape index (κ3) is 4.32. The van der Waals surface area contributed by atoms with Crippen molar-refractivity contribution in [1.29, 1.82) is 0 Å². The van der Waals surface area contributed by atoms with E-state index in [0.717, 1.165) is 5.56 Å². The Kier molecular flexibility index (Phi) is 5.57. The summed E-state index contributed by atoms with van der Waals surface area (Å²) in [7, 11) is 0. The van der Waals surface area contributed by atoms with E-state index in [1.54, 1.807) is 30.3 Å². The maximum absolute atomic E-state index is 12.3. The van der Waals surface area contributed by atoms with E-state index in [-0.39, 0.29) is 18.1 Å². The molecule has 0 atom stereocenters. The first-order valence-electron chi connectivity index (χ1n) is 6.71. The van der Waals surface area contributed by atoms with Gasteiger partial charge in [0, 0.05) is 12.5 Å². The summed E-state index contributed by atoms with van der Waals surface area (Å²) in [5, 5.41) is 19.8. The van der Waals surface area contributed by atoms with Crippen LogP contribution in [-0.2, 0) is 9.59 Å². The van der Waals surface area contributed by atoms with Gasteiger partial charge in [0.15, 0.2) is 0 Å². The summed E-state index contributed by atoms with van der Waals surface area (Å²) in [5.41, 5.74) is 0.720. The molecule has 1 fully saturated rings. The minimum absolute atomic E-state index is 0.0199. The highest BCUT2D eigenvalue weighted by molar-refractivity contribution is 8.26. The Morgan fingerprint density at radius 1 is 1.41 bits per heavy atom. The number of carbonyl (C=O) groups excluding carboxylic acids is 2. The summed E-state index contributed by atoms with van der Waals surface area (Å²) < 4.78 is 0.463. The Hall–Kier alpha value is -1.86. The number of hydrogen-bond acceptors (Lipinski definition) is 6. The van der Waals surface area contributed by atoms with Crippen molar-refractivity contribution in [2.24, 2.45) is 0 Å². The fourth-order valence-electron chi connectivity index (χ4n) is 2.00. The number of thiocarbonyl (C=S) groups is 1. The summed E-state index contributed by atoms with van der Waals surface area (Å²) in [5.74, 6) is -1.15. The normalized spacial score (nSPS) is 16.5. The number of aliphatic carboxylic acids is 1. The second kappa shape index (κ2) is 7.42. The Morgan fingerprint density at radius 2 is 2.18 bits per heavy atom. The van der Waals surface area contributed by atoms with Gasteiger partial charge in [-0.1, -0.05) is 36.1 Å². The number of carboxylic acids is 1. The summed E-state index contributed by atoms with van der Waals surface area (Å²) in [6.07, 6.45) is 2.67. The number of carbonyl (C=O) groups is 2. The lowest BCUT2D eigenvalue weighted by molar-refractivity contribution is -0.305. The van der Waals surface area contributed by atoms with E-state index in [1.165, 1.54) is 16.7 Å². The molecule has 5 nitrogen and oxygen atoms in total. The van der Waals surface area contributed by atoms with Crippen LogP contribution in [-0.4, -0.2) is 32.7 Å².